The molecule has 0 fully saturated rings. The lowest BCUT2D eigenvalue weighted by Gasteiger charge is -2.17. The van der Waals surface area contributed by atoms with Gasteiger partial charge in [-0.3, -0.25) is 9.78 Å². The summed E-state index contributed by atoms with van der Waals surface area (Å²) in [6.45, 7) is 3.86. The Hall–Kier alpha value is -2.69. The number of aliphatic carboxylic acids is 1. The number of nitrogens with one attached hydrogen (secondary N) is 1. The Morgan fingerprint density at radius 3 is 2.36 bits per heavy atom. The highest BCUT2D eigenvalue weighted by molar-refractivity contribution is 5.94. The number of hydrogen-bond donors (Lipinski definition) is 2. The van der Waals surface area contributed by atoms with Crippen molar-refractivity contribution in [1.82, 2.24) is 10.3 Å². The maximum Gasteiger partial charge on any atom is 0.326 e. The number of aromatic nitrogens is 1. The van der Waals surface area contributed by atoms with E-state index in [4.69, 9.17) is 0 Å². The van der Waals surface area contributed by atoms with Gasteiger partial charge in [-0.15, -0.1) is 0 Å². The van der Waals surface area contributed by atoms with Crippen LogP contribution in [0.15, 0.2) is 42.6 Å². The van der Waals surface area contributed by atoms with Crippen molar-refractivity contribution in [2.45, 2.75) is 26.3 Å². The highest BCUT2D eigenvalue weighted by Crippen LogP contribution is 2.15. The van der Waals surface area contributed by atoms with Crippen LogP contribution in [0.3, 0.4) is 0 Å². The number of amides is 1. The van der Waals surface area contributed by atoms with Crippen LogP contribution >= 0.6 is 0 Å². The fourth-order valence-corrected chi connectivity index (χ4v) is 2.30. The van der Waals surface area contributed by atoms with E-state index in [-0.39, 0.29) is 12.1 Å². The quantitative estimate of drug-likeness (QED) is 0.886. The molecule has 5 heteroatoms. The van der Waals surface area contributed by atoms with Crippen LogP contribution in [-0.2, 0) is 11.2 Å². The van der Waals surface area contributed by atoms with Gasteiger partial charge in [0.1, 0.15) is 11.7 Å². The molecule has 0 bridgehead atoms. The van der Waals surface area contributed by atoms with Crippen molar-refractivity contribution in [1.29, 1.82) is 0 Å². The van der Waals surface area contributed by atoms with Gasteiger partial charge >= 0.3 is 5.97 Å². The summed E-state index contributed by atoms with van der Waals surface area (Å²) in [6.07, 6.45) is 1.74. The zero-order valence-corrected chi connectivity index (χ0v) is 12.5. The van der Waals surface area contributed by atoms with E-state index in [0.29, 0.717) is 0 Å². The molecule has 2 aromatic rings. The number of carboxylic acid groups (broad SMARTS) is 1. The molecule has 2 rings (SSSR count). The van der Waals surface area contributed by atoms with Gasteiger partial charge in [0.05, 0.1) is 0 Å². The summed E-state index contributed by atoms with van der Waals surface area (Å²) in [5.74, 6) is -1.55. The smallest absolute Gasteiger partial charge is 0.326 e. The van der Waals surface area contributed by atoms with Gasteiger partial charge in [0.15, 0.2) is 0 Å². The summed E-state index contributed by atoms with van der Waals surface area (Å²) >= 11 is 0. The number of pyridine rings is 1. The Labute approximate surface area is 129 Å². The van der Waals surface area contributed by atoms with Crippen LogP contribution in [0, 0.1) is 13.8 Å². The molecule has 0 radical (unpaired) electrons. The Morgan fingerprint density at radius 1 is 1.14 bits per heavy atom. The van der Waals surface area contributed by atoms with Crippen LogP contribution in [-0.4, -0.2) is 28.0 Å². The molecule has 22 heavy (non-hydrogen) atoms. The number of aryl methyl sites for hydroxylation is 2. The number of benzene rings is 1. The summed E-state index contributed by atoms with van der Waals surface area (Å²) in [7, 11) is 0. The summed E-state index contributed by atoms with van der Waals surface area (Å²) < 4.78 is 0. The zero-order chi connectivity index (χ0) is 16.1. The lowest BCUT2D eigenvalue weighted by Crippen LogP contribution is -2.42. The van der Waals surface area contributed by atoms with Gasteiger partial charge in [-0.2, -0.15) is 0 Å². The first kappa shape index (κ1) is 15.7. The molecule has 1 aromatic heterocycles. The Morgan fingerprint density at radius 2 is 1.82 bits per heavy atom. The van der Waals surface area contributed by atoms with Crippen LogP contribution in [0.1, 0.15) is 27.2 Å². The minimum absolute atomic E-state index is 0.204. The predicted molar refractivity (Wildman–Crippen MR) is 82.7 cm³/mol. The molecule has 5 nitrogen and oxygen atoms in total. The second kappa shape index (κ2) is 6.85. The molecule has 0 saturated heterocycles. The second-order valence-electron chi connectivity index (χ2n) is 5.15. The number of hydrogen-bond acceptors (Lipinski definition) is 3. The Bertz CT molecular complexity index is 663. The fraction of sp³-hybridized carbons (Fsp3) is 0.235. The lowest BCUT2D eigenvalue weighted by molar-refractivity contribution is -0.139. The Kier molecular flexibility index (Phi) is 4.88. The van der Waals surface area contributed by atoms with Gasteiger partial charge in [0.25, 0.3) is 5.91 Å². The molecule has 1 heterocycles. The van der Waals surface area contributed by atoms with E-state index in [2.05, 4.69) is 10.3 Å². The highest BCUT2D eigenvalue weighted by atomic mass is 16.4. The summed E-state index contributed by atoms with van der Waals surface area (Å²) in [4.78, 5) is 27.5. The van der Waals surface area contributed by atoms with E-state index >= 15 is 0 Å². The summed E-state index contributed by atoms with van der Waals surface area (Å²) in [5, 5.41) is 11.9. The van der Waals surface area contributed by atoms with E-state index in [1.807, 2.05) is 32.0 Å². The number of nitrogens with zero attached hydrogens (tertiary/aromatic N) is 1. The van der Waals surface area contributed by atoms with E-state index in [0.717, 1.165) is 16.7 Å². The van der Waals surface area contributed by atoms with E-state index in [1.54, 1.807) is 18.2 Å². The van der Waals surface area contributed by atoms with Crippen LogP contribution in [0.25, 0.3) is 0 Å². The summed E-state index contributed by atoms with van der Waals surface area (Å²) in [6, 6.07) is 9.73. The monoisotopic (exact) mass is 298 g/mol. The molecule has 1 atom stereocenters. The fourth-order valence-electron chi connectivity index (χ4n) is 2.30. The largest absolute Gasteiger partial charge is 0.480 e. The summed E-state index contributed by atoms with van der Waals surface area (Å²) in [5.41, 5.74) is 3.17. The van der Waals surface area contributed by atoms with E-state index in [1.165, 1.54) is 6.20 Å². The van der Waals surface area contributed by atoms with Crippen LogP contribution in [0.5, 0.6) is 0 Å². The van der Waals surface area contributed by atoms with Crippen molar-refractivity contribution in [2.75, 3.05) is 0 Å². The first-order valence-corrected chi connectivity index (χ1v) is 6.99. The van der Waals surface area contributed by atoms with E-state index < -0.39 is 17.9 Å². The van der Waals surface area contributed by atoms with Crippen molar-refractivity contribution in [2.24, 2.45) is 0 Å². The lowest BCUT2D eigenvalue weighted by atomic mass is 9.96. The third-order valence-corrected chi connectivity index (χ3v) is 3.55. The molecular formula is C17H18N2O3. The molecule has 0 aliphatic heterocycles. The minimum Gasteiger partial charge on any atom is -0.480 e. The topological polar surface area (TPSA) is 79.3 Å². The van der Waals surface area contributed by atoms with Crippen LogP contribution in [0.2, 0.25) is 0 Å². The van der Waals surface area contributed by atoms with Crippen molar-refractivity contribution in [3.8, 4) is 0 Å². The minimum atomic E-state index is -1.06. The van der Waals surface area contributed by atoms with Gasteiger partial charge in [-0.05, 0) is 42.7 Å². The standard InChI is InChI=1S/C17H18N2O3/c1-11-6-5-7-12(2)13(11)10-15(17(21)22)19-16(20)14-8-3-4-9-18-14/h3-9,15H,10H2,1-2H3,(H,19,20)(H,21,22)/t15-/m1/s1. The molecule has 0 aliphatic carbocycles. The second-order valence-corrected chi connectivity index (χ2v) is 5.15. The first-order chi connectivity index (χ1) is 10.5. The molecule has 0 aliphatic rings. The molecule has 0 spiro atoms. The van der Waals surface area contributed by atoms with Gasteiger partial charge in [0, 0.05) is 12.6 Å². The number of carbonyl (C=O) groups excluding carboxylic acids is 1. The van der Waals surface area contributed by atoms with Crippen molar-refractivity contribution in [3.05, 3.63) is 65.0 Å². The average molecular weight is 298 g/mol. The molecule has 2 N–H and O–H groups in total. The number of carboxylic acids is 1. The Balaban J connectivity index is 2.18. The molecule has 0 unspecified atom stereocenters. The highest BCUT2D eigenvalue weighted by Gasteiger charge is 2.22. The average Bonchev–Trinajstić information content (AvgIpc) is 2.50. The molecular weight excluding hydrogens is 280 g/mol. The first-order valence-electron chi connectivity index (χ1n) is 6.99. The number of carbonyl (C=O) groups is 2. The van der Waals surface area contributed by atoms with Crippen molar-refractivity contribution in [3.63, 3.8) is 0 Å². The predicted octanol–water partition coefficient (Wildman–Crippen LogP) is 2.12. The maximum atomic E-state index is 12.1. The molecule has 114 valence electrons. The van der Waals surface area contributed by atoms with Gasteiger partial charge in [-0.1, -0.05) is 24.3 Å². The SMILES string of the molecule is Cc1cccc(C)c1C[C@@H](NC(=O)c1ccccn1)C(=O)O. The van der Waals surface area contributed by atoms with Crippen molar-refractivity contribution < 1.29 is 14.7 Å². The normalized spacial score (nSPS) is 11.7. The zero-order valence-electron chi connectivity index (χ0n) is 12.5. The van der Waals surface area contributed by atoms with Crippen LogP contribution < -0.4 is 5.32 Å². The van der Waals surface area contributed by atoms with Gasteiger partial charge in [0.2, 0.25) is 0 Å². The molecule has 1 aromatic carbocycles. The van der Waals surface area contributed by atoms with Crippen LogP contribution in [0.4, 0.5) is 0 Å². The van der Waals surface area contributed by atoms with E-state index in [9.17, 15) is 14.7 Å². The molecule has 0 saturated carbocycles. The third kappa shape index (κ3) is 3.69. The van der Waals surface area contributed by atoms with Gasteiger partial charge < -0.3 is 10.4 Å². The van der Waals surface area contributed by atoms with Gasteiger partial charge in [-0.25, -0.2) is 4.79 Å². The third-order valence-electron chi connectivity index (χ3n) is 3.55. The number of rotatable bonds is 5. The van der Waals surface area contributed by atoms with Crippen molar-refractivity contribution >= 4 is 11.9 Å². The molecule has 1 amide bonds. The maximum absolute atomic E-state index is 12.1.